The predicted octanol–water partition coefficient (Wildman–Crippen LogP) is 4.53. The Hall–Kier alpha value is -1.39. The van der Waals surface area contributed by atoms with E-state index in [2.05, 4.69) is 17.4 Å². The van der Waals surface area contributed by atoms with Gasteiger partial charge in [-0.05, 0) is 36.6 Å². The number of hydrogen-bond donors (Lipinski definition) is 1. The van der Waals surface area contributed by atoms with Crippen LogP contribution in [0.15, 0.2) is 64.4 Å². The molecule has 0 atom stereocenters. The monoisotopic (exact) mass is 303 g/mol. The number of carbonyl (C=O) groups is 1. The van der Waals surface area contributed by atoms with E-state index in [0.29, 0.717) is 6.42 Å². The minimum absolute atomic E-state index is 0.0617. The highest BCUT2D eigenvalue weighted by Crippen LogP contribution is 2.20. The lowest BCUT2D eigenvalue weighted by Gasteiger charge is -2.06. The van der Waals surface area contributed by atoms with Gasteiger partial charge < -0.3 is 5.32 Å². The van der Waals surface area contributed by atoms with Crippen molar-refractivity contribution in [1.29, 1.82) is 0 Å². The van der Waals surface area contributed by atoms with Gasteiger partial charge in [-0.3, -0.25) is 4.79 Å². The van der Waals surface area contributed by atoms with Gasteiger partial charge in [0.05, 0.1) is 0 Å². The number of nitrogens with one attached hydrogen (secondary N) is 1. The molecule has 0 unspecified atom stereocenters. The highest BCUT2D eigenvalue weighted by Gasteiger charge is 2.03. The zero-order chi connectivity index (χ0) is 14.2. The van der Waals surface area contributed by atoms with Gasteiger partial charge in [-0.25, -0.2) is 0 Å². The maximum atomic E-state index is 11.9. The molecule has 0 saturated carbocycles. The summed E-state index contributed by atoms with van der Waals surface area (Å²) < 4.78 is 0. The van der Waals surface area contributed by atoms with Gasteiger partial charge in [-0.1, -0.05) is 24.3 Å². The van der Waals surface area contributed by atoms with Crippen LogP contribution in [0, 0.1) is 0 Å². The van der Waals surface area contributed by atoms with E-state index >= 15 is 0 Å². The Morgan fingerprint density at radius 2 is 1.80 bits per heavy atom. The summed E-state index contributed by atoms with van der Waals surface area (Å²) >= 11 is 3.37. The van der Waals surface area contributed by atoms with Crippen molar-refractivity contribution in [3.8, 4) is 0 Å². The predicted molar refractivity (Wildman–Crippen MR) is 88.6 cm³/mol. The molecule has 0 aliphatic heterocycles. The molecule has 0 radical (unpaired) electrons. The zero-order valence-corrected chi connectivity index (χ0v) is 13.0. The smallest absolute Gasteiger partial charge is 0.225 e. The van der Waals surface area contributed by atoms with Crippen LogP contribution in [0.4, 0.5) is 5.69 Å². The molecule has 0 aromatic heterocycles. The summed E-state index contributed by atoms with van der Waals surface area (Å²) in [5.74, 6) is 0.851. The van der Waals surface area contributed by atoms with E-state index < -0.39 is 0 Å². The Labute approximate surface area is 128 Å². The number of benzene rings is 2. The summed E-state index contributed by atoms with van der Waals surface area (Å²) in [6.07, 6.45) is 2.54. The fourth-order valence-corrected chi connectivity index (χ4v) is 3.03. The van der Waals surface area contributed by atoms with E-state index in [1.807, 2.05) is 48.7 Å². The zero-order valence-electron chi connectivity index (χ0n) is 11.3. The Bertz CT molecular complexity index is 557. The number of carbonyl (C=O) groups excluding carboxylic acids is 1. The molecule has 1 amide bonds. The Kier molecular flexibility index (Phi) is 6.02. The van der Waals surface area contributed by atoms with Gasteiger partial charge in [-0.15, -0.1) is 23.5 Å². The van der Waals surface area contributed by atoms with Gasteiger partial charge in [0.25, 0.3) is 0 Å². The molecule has 2 aromatic carbocycles. The van der Waals surface area contributed by atoms with Crippen LogP contribution < -0.4 is 5.32 Å². The molecule has 0 aliphatic rings. The lowest BCUT2D eigenvalue weighted by atomic mass is 10.3. The van der Waals surface area contributed by atoms with Crippen molar-refractivity contribution in [2.75, 3.05) is 17.3 Å². The number of rotatable bonds is 6. The summed E-state index contributed by atoms with van der Waals surface area (Å²) in [7, 11) is 0. The second kappa shape index (κ2) is 8.02. The van der Waals surface area contributed by atoms with Gasteiger partial charge in [0.15, 0.2) is 0 Å². The second-order valence-corrected chi connectivity index (χ2v) is 6.24. The normalized spacial score (nSPS) is 10.2. The van der Waals surface area contributed by atoms with Gasteiger partial charge >= 0.3 is 0 Å². The van der Waals surface area contributed by atoms with E-state index in [1.165, 1.54) is 4.90 Å². The highest BCUT2D eigenvalue weighted by molar-refractivity contribution is 7.99. The molecular formula is C16H17NOS2. The average Bonchev–Trinajstić information content (AvgIpc) is 2.48. The molecule has 0 heterocycles. The van der Waals surface area contributed by atoms with Crippen LogP contribution in [0.5, 0.6) is 0 Å². The standard InChI is InChI=1S/C16H17NOS2/c1-19-15-9-5-6-13(12-15)17-16(18)10-11-20-14-7-3-2-4-8-14/h2-9,12H,10-11H2,1H3,(H,17,18). The summed E-state index contributed by atoms with van der Waals surface area (Å²) in [6.45, 7) is 0. The van der Waals surface area contributed by atoms with E-state index in [1.54, 1.807) is 23.5 Å². The van der Waals surface area contributed by atoms with Crippen LogP contribution >= 0.6 is 23.5 Å². The van der Waals surface area contributed by atoms with Crippen LogP contribution in [0.3, 0.4) is 0 Å². The topological polar surface area (TPSA) is 29.1 Å². The van der Waals surface area contributed by atoms with Crippen LogP contribution in [0.25, 0.3) is 0 Å². The highest BCUT2D eigenvalue weighted by atomic mass is 32.2. The molecule has 2 aromatic rings. The van der Waals surface area contributed by atoms with Crippen molar-refractivity contribution in [2.24, 2.45) is 0 Å². The maximum Gasteiger partial charge on any atom is 0.225 e. The fraction of sp³-hybridized carbons (Fsp3) is 0.188. The fourth-order valence-electron chi connectivity index (χ4n) is 1.70. The molecule has 20 heavy (non-hydrogen) atoms. The first-order chi connectivity index (χ1) is 9.78. The molecular weight excluding hydrogens is 286 g/mol. The number of thioether (sulfide) groups is 2. The summed E-state index contributed by atoms with van der Waals surface area (Å²) in [5, 5.41) is 2.94. The molecule has 0 aliphatic carbocycles. The molecule has 2 rings (SSSR count). The van der Waals surface area contributed by atoms with Crippen molar-refractivity contribution in [1.82, 2.24) is 0 Å². The maximum absolute atomic E-state index is 11.9. The minimum atomic E-state index is 0.0617. The molecule has 0 saturated heterocycles. The molecule has 2 nitrogen and oxygen atoms in total. The summed E-state index contributed by atoms with van der Waals surface area (Å²) in [4.78, 5) is 14.2. The van der Waals surface area contributed by atoms with Gasteiger partial charge in [0.2, 0.25) is 5.91 Å². The average molecular weight is 303 g/mol. The van der Waals surface area contributed by atoms with Crippen LogP contribution in [-0.4, -0.2) is 17.9 Å². The van der Waals surface area contributed by atoms with Crippen molar-refractivity contribution >= 4 is 35.1 Å². The van der Waals surface area contributed by atoms with E-state index in [-0.39, 0.29) is 5.91 Å². The Balaban J connectivity index is 1.77. The summed E-state index contributed by atoms with van der Waals surface area (Å²) in [5.41, 5.74) is 0.867. The Morgan fingerprint density at radius 1 is 1.05 bits per heavy atom. The Morgan fingerprint density at radius 3 is 2.55 bits per heavy atom. The van der Waals surface area contributed by atoms with Crippen molar-refractivity contribution < 1.29 is 4.79 Å². The van der Waals surface area contributed by atoms with Crippen molar-refractivity contribution in [3.05, 3.63) is 54.6 Å². The van der Waals surface area contributed by atoms with Gasteiger partial charge in [-0.2, -0.15) is 0 Å². The van der Waals surface area contributed by atoms with E-state index in [4.69, 9.17) is 0 Å². The first kappa shape index (κ1) is 15.0. The molecule has 104 valence electrons. The SMILES string of the molecule is CSc1cccc(NC(=O)CCSc2ccccc2)c1. The lowest BCUT2D eigenvalue weighted by Crippen LogP contribution is -2.12. The van der Waals surface area contributed by atoms with Gasteiger partial charge in [0, 0.05) is 27.7 Å². The third-order valence-corrected chi connectivity index (χ3v) is 4.43. The lowest BCUT2D eigenvalue weighted by molar-refractivity contribution is -0.115. The minimum Gasteiger partial charge on any atom is -0.326 e. The van der Waals surface area contributed by atoms with Gasteiger partial charge in [0.1, 0.15) is 0 Å². The second-order valence-electron chi connectivity index (χ2n) is 4.19. The van der Waals surface area contributed by atoms with Crippen LogP contribution in [0.2, 0.25) is 0 Å². The largest absolute Gasteiger partial charge is 0.326 e. The molecule has 0 bridgehead atoms. The van der Waals surface area contributed by atoms with Crippen LogP contribution in [0.1, 0.15) is 6.42 Å². The van der Waals surface area contributed by atoms with E-state index in [9.17, 15) is 4.79 Å². The molecule has 4 heteroatoms. The first-order valence-corrected chi connectivity index (χ1v) is 8.61. The third kappa shape index (κ3) is 4.94. The molecule has 0 spiro atoms. The number of amides is 1. The van der Waals surface area contributed by atoms with E-state index in [0.717, 1.165) is 16.3 Å². The first-order valence-electron chi connectivity index (χ1n) is 6.39. The van der Waals surface area contributed by atoms with Crippen molar-refractivity contribution in [3.63, 3.8) is 0 Å². The molecule has 1 N–H and O–H groups in total. The quantitative estimate of drug-likeness (QED) is 0.795. The summed E-state index contributed by atoms with van der Waals surface area (Å²) in [6, 6.07) is 18.0. The number of hydrogen-bond acceptors (Lipinski definition) is 3. The number of anilines is 1. The van der Waals surface area contributed by atoms with Crippen molar-refractivity contribution in [2.45, 2.75) is 16.2 Å². The molecule has 0 fully saturated rings. The third-order valence-electron chi connectivity index (χ3n) is 2.69. The van der Waals surface area contributed by atoms with Crippen LogP contribution in [-0.2, 0) is 4.79 Å².